The van der Waals surface area contributed by atoms with E-state index in [4.69, 9.17) is 19.3 Å². The summed E-state index contributed by atoms with van der Waals surface area (Å²) in [5, 5.41) is 2.75. The van der Waals surface area contributed by atoms with Crippen LogP contribution >= 0.6 is 7.60 Å². The second kappa shape index (κ2) is 7.81. The van der Waals surface area contributed by atoms with Crippen molar-refractivity contribution < 1.29 is 28.6 Å². The molecule has 1 atom stereocenters. The van der Waals surface area contributed by atoms with Crippen molar-refractivity contribution in [3.05, 3.63) is 29.8 Å². The van der Waals surface area contributed by atoms with Crippen molar-refractivity contribution >= 4 is 13.7 Å². The van der Waals surface area contributed by atoms with Gasteiger partial charge >= 0.3 is 13.7 Å². The first kappa shape index (κ1) is 19.5. The Balaban J connectivity index is 2.48. The van der Waals surface area contributed by atoms with Crippen LogP contribution in [-0.2, 0) is 15.7 Å². The number of carbonyl (C=O) groups excluding carboxylic acids is 1. The van der Waals surface area contributed by atoms with Crippen LogP contribution in [-0.4, -0.2) is 33.9 Å². The van der Waals surface area contributed by atoms with Gasteiger partial charge in [0.1, 0.15) is 11.4 Å². The number of nitrogens with one attached hydrogen (secondary N) is 1. The normalized spacial score (nSPS) is 13.3. The SMILES string of the molecule is C[C@H](Cc1ccc(OCP(=O)(O)O)cc1)NC(=O)OC(C)(C)C. The number of hydrogen-bond acceptors (Lipinski definition) is 4. The maximum Gasteiger partial charge on any atom is 0.407 e. The molecule has 1 rings (SSSR count). The first-order valence-electron chi connectivity index (χ1n) is 7.20. The molecule has 0 aliphatic carbocycles. The fourth-order valence-electron chi connectivity index (χ4n) is 1.79. The fraction of sp³-hybridized carbons (Fsp3) is 0.533. The molecule has 8 heteroatoms. The molecule has 23 heavy (non-hydrogen) atoms. The van der Waals surface area contributed by atoms with Gasteiger partial charge in [0.2, 0.25) is 0 Å². The Morgan fingerprint density at radius 2 is 1.83 bits per heavy atom. The van der Waals surface area contributed by atoms with E-state index in [1.165, 1.54) is 0 Å². The van der Waals surface area contributed by atoms with Crippen molar-refractivity contribution in [1.29, 1.82) is 0 Å². The summed E-state index contributed by atoms with van der Waals surface area (Å²) >= 11 is 0. The number of alkyl carbamates (subject to hydrolysis) is 1. The molecular weight excluding hydrogens is 321 g/mol. The fourth-order valence-corrected chi connectivity index (χ4v) is 2.11. The van der Waals surface area contributed by atoms with Gasteiger partial charge in [-0.3, -0.25) is 4.57 Å². The molecule has 0 saturated carbocycles. The Hall–Kier alpha value is -1.56. The topological polar surface area (TPSA) is 105 Å². The summed E-state index contributed by atoms with van der Waals surface area (Å²) in [5.74, 6) is 0.379. The van der Waals surface area contributed by atoms with Crippen LogP contribution in [0.25, 0.3) is 0 Å². The zero-order chi connectivity index (χ0) is 17.7. The highest BCUT2D eigenvalue weighted by atomic mass is 31.2. The second-order valence-electron chi connectivity index (χ2n) is 6.33. The molecule has 1 amide bonds. The van der Waals surface area contributed by atoms with Crippen LogP contribution in [0.15, 0.2) is 24.3 Å². The third-order valence-electron chi connectivity index (χ3n) is 2.63. The molecule has 7 nitrogen and oxygen atoms in total. The van der Waals surface area contributed by atoms with E-state index in [9.17, 15) is 9.36 Å². The van der Waals surface area contributed by atoms with Crippen molar-refractivity contribution in [2.24, 2.45) is 0 Å². The highest BCUT2D eigenvalue weighted by Crippen LogP contribution is 2.34. The molecule has 0 bridgehead atoms. The average molecular weight is 345 g/mol. The zero-order valence-electron chi connectivity index (χ0n) is 13.8. The highest BCUT2D eigenvalue weighted by molar-refractivity contribution is 7.51. The van der Waals surface area contributed by atoms with E-state index in [2.05, 4.69) is 5.32 Å². The molecular formula is C15H24NO6P. The lowest BCUT2D eigenvalue weighted by Gasteiger charge is -2.22. The molecule has 0 unspecified atom stereocenters. The Bertz CT molecular complexity index is 560. The molecule has 0 spiro atoms. The zero-order valence-corrected chi connectivity index (χ0v) is 14.7. The number of carbonyl (C=O) groups is 1. The van der Waals surface area contributed by atoms with Gasteiger partial charge in [0.05, 0.1) is 0 Å². The van der Waals surface area contributed by atoms with Crippen LogP contribution in [0.5, 0.6) is 5.75 Å². The van der Waals surface area contributed by atoms with Gasteiger partial charge in [-0.2, -0.15) is 0 Å². The molecule has 0 heterocycles. The summed E-state index contributed by atoms with van der Waals surface area (Å²) in [7, 11) is -4.18. The molecule has 0 radical (unpaired) electrons. The van der Waals surface area contributed by atoms with E-state index >= 15 is 0 Å². The second-order valence-corrected chi connectivity index (χ2v) is 7.92. The Labute approximate surface area is 136 Å². The van der Waals surface area contributed by atoms with E-state index in [0.29, 0.717) is 12.2 Å². The minimum absolute atomic E-state index is 0.119. The third kappa shape index (κ3) is 9.23. The lowest BCUT2D eigenvalue weighted by atomic mass is 10.1. The van der Waals surface area contributed by atoms with Crippen LogP contribution in [0.4, 0.5) is 4.79 Å². The van der Waals surface area contributed by atoms with Crippen molar-refractivity contribution in [3.63, 3.8) is 0 Å². The van der Waals surface area contributed by atoms with Crippen molar-refractivity contribution in [3.8, 4) is 5.75 Å². The largest absolute Gasteiger partial charge is 0.481 e. The average Bonchev–Trinajstić information content (AvgIpc) is 2.34. The van der Waals surface area contributed by atoms with E-state index in [-0.39, 0.29) is 6.04 Å². The maximum absolute atomic E-state index is 11.7. The van der Waals surface area contributed by atoms with Gasteiger partial charge < -0.3 is 24.6 Å². The van der Waals surface area contributed by atoms with E-state index in [0.717, 1.165) is 5.56 Å². The molecule has 0 aromatic heterocycles. The monoisotopic (exact) mass is 345 g/mol. The Morgan fingerprint density at radius 3 is 2.30 bits per heavy atom. The smallest absolute Gasteiger partial charge is 0.407 e. The van der Waals surface area contributed by atoms with Crippen LogP contribution in [0.1, 0.15) is 33.3 Å². The highest BCUT2D eigenvalue weighted by Gasteiger charge is 2.18. The van der Waals surface area contributed by atoms with E-state index < -0.39 is 25.6 Å². The van der Waals surface area contributed by atoms with Crippen LogP contribution in [0, 0.1) is 0 Å². The molecule has 0 aliphatic heterocycles. The lowest BCUT2D eigenvalue weighted by Crippen LogP contribution is -2.38. The minimum Gasteiger partial charge on any atom is -0.481 e. The van der Waals surface area contributed by atoms with Gasteiger partial charge in [0.15, 0.2) is 6.35 Å². The van der Waals surface area contributed by atoms with Gasteiger partial charge in [-0.15, -0.1) is 0 Å². The summed E-state index contributed by atoms with van der Waals surface area (Å²) in [6, 6.07) is 6.70. The van der Waals surface area contributed by atoms with Crippen molar-refractivity contribution in [2.75, 3.05) is 6.35 Å². The van der Waals surface area contributed by atoms with Crippen molar-refractivity contribution in [1.82, 2.24) is 5.32 Å². The first-order valence-corrected chi connectivity index (χ1v) is 9.00. The molecule has 3 N–H and O–H groups in total. The first-order chi connectivity index (χ1) is 10.4. The summed E-state index contributed by atoms with van der Waals surface area (Å²) in [6.07, 6.45) is -0.521. The predicted octanol–water partition coefficient (Wildman–Crippen LogP) is 2.66. The van der Waals surface area contributed by atoms with Gasteiger partial charge in [0, 0.05) is 6.04 Å². The van der Waals surface area contributed by atoms with Crippen LogP contribution < -0.4 is 10.1 Å². The molecule has 130 valence electrons. The summed E-state index contributed by atoms with van der Waals surface area (Å²) in [6.45, 7) is 7.26. The van der Waals surface area contributed by atoms with Crippen LogP contribution in [0.2, 0.25) is 0 Å². The maximum atomic E-state index is 11.7. The summed E-state index contributed by atoms with van der Waals surface area (Å²) < 4.78 is 20.9. The van der Waals surface area contributed by atoms with Gasteiger partial charge in [-0.1, -0.05) is 12.1 Å². The van der Waals surface area contributed by atoms with E-state index in [1.807, 2.05) is 6.92 Å². The number of amides is 1. The quantitative estimate of drug-likeness (QED) is 0.685. The van der Waals surface area contributed by atoms with Gasteiger partial charge in [0.25, 0.3) is 0 Å². The van der Waals surface area contributed by atoms with Crippen LogP contribution in [0.3, 0.4) is 0 Å². The van der Waals surface area contributed by atoms with Gasteiger partial charge in [-0.25, -0.2) is 4.79 Å². The molecule has 0 aliphatic rings. The molecule has 0 fully saturated rings. The lowest BCUT2D eigenvalue weighted by molar-refractivity contribution is 0.0508. The summed E-state index contributed by atoms with van der Waals surface area (Å²) in [4.78, 5) is 29.2. The summed E-state index contributed by atoms with van der Waals surface area (Å²) in [5.41, 5.74) is 0.416. The Morgan fingerprint density at radius 1 is 1.26 bits per heavy atom. The number of hydrogen-bond donors (Lipinski definition) is 3. The Kier molecular flexibility index (Phi) is 6.62. The van der Waals surface area contributed by atoms with Gasteiger partial charge in [-0.05, 0) is 51.8 Å². The number of benzene rings is 1. The number of rotatable bonds is 6. The molecule has 1 aromatic carbocycles. The number of ether oxygens (including phenoxy) is 2. The van der Waals surface area contributed by atoms with E-state index in [1.54, 1.807) is 45.0 Å². The third-order valence-corrected chi connectivity index (χ3v) is 3.09. The standard InChI is InChI=1S/C15H24NO6P/c1-11(16-14(17)22-15(2,3)4)9-12-5-7-13(8-6-12)21-10-23(18,19)20/h5-8,11H,9-10H2,1-4H3,(H,16,17)(H2,18,19,20)/t11-/m1/s1. The molecule has 0 saturated heterocycles. The minimum atomic E-state index is -4.18. The molecule has 1 aromatic rings. The predicted molar refractivity (Wildman–Crippen MR) is 86.5 cm³/mol. The van der Waals surface area contributed by atoms with Crippen molar-refractivity contribution in [2.45, 2.75) is 45.8 Å².